The highest BCUT2D eigenvalue weighted by atomic mass is 16.2. The van der Waals surface area contributed by atoms with Crippen molar-refractivity contribution in [1.82, 2.24) is 19.8 Å². The summed E-state index contributed by atoms with van der Waals surface area (Å²) >= 11 is 0. The number of hydrogen-bond donors (Lipinski definition) is 0. The van der Waals surface area contributed by atoms with Gasteiger partial charge in [-0.15, -0.1) is 0 Å². The van der Waals surface area contributed by atoms with Gasteiger partial charge < -0.3 is 9.80 Å². The molecule has 1 aromatic heterocycles. The van der Waals surface area contributed by atoms with Gasteiger partial charge in [0.15, 0.2) is 0 Å². The molecule has 132 valence electrons. The number of carbonyl (C=O) groups excluding carboxylic acids is 1. The molecule has 3 rings (SSSR count). The highest BCUT2D eigenvalue weighted by molar-refractivity contribution is 5.81. The summed E-state index contributed by atoms with van der Waals surface area (Å²) in [5, 5.41) is 0. The van der Waals surface area contributed by atoms with Crippen molar-refractivity contribution in [3.8, 4) is 0 Å². The van der Waals surface area contributed by atoms with Crippen LogP contribution in [0, 0.1) is 0 Å². The molecule has 1 amide bonds. The van der Waals surface area contributed by atoms with E-state index in [1.807, 2.05) is 55.3 Å². The molecule has 6 heteroatoms. The number of amides is 1. The van der Waals surface area contributed by atoms with E-state index < -0.39 is 0 Å². The minimum atomic E-state index is -0.118. The van der Waals surface area contributed by atoms with E-state index in [9.17, 15) is 4.79 Å². The van der Waals surface area contributed by atoms with E-state index in [1.165, 1.54) is 0 Å². The lowest BCUT2D eigenvalue weighted by atomic mass is 10.1. The maximum absolute atomic E-state index is 12.7. The van der Waals surface area contributed by atoms with Gasteiger partial charge in [-0.3, -0.25) is 9.69 Å². The van der Waals surface area contributed by atoms with Crippen molar-refractivity contribution in [2.75, 3.05) is 38.1 Å². The second-order valence-electron chi connectivity index (χ2n) is 6.43. The van der Waals surface area contributed by atoms with Crippen molar-refractivity contribution in [2.24, 2.45) is 0 Å². The number of aromatic nitrogens is 2. The number of hydrogen-bond acceptors (Lipinski definition) is 5. The lowest BCUT2D eigenvalue weighted by molar-refractivity contribution is -0.135. The molecule has 1 aliphatic heterocycles. The van der Waals surface area contributed by atoms with Crippen molar-refractivity contribution in [3.05, 3.63) is 54.4 Å². The first kappa shape index (κ1) is 17.4. The Kier molecular flexibility index (Phi) is 5.60. The summed E-state index contributed by atoms with van der Waals surface area (Å²) in [4.78, 5) is 27.6. The van der Waals surface area contributed by atoms with Crippen molar-refractivity contribution in [3.63, 3.8) is 0 Å². The fourth-order valence-corrected chi connectivity index (χ4v) is 3.17. The number of anilines is 1. The van der Waals surface area contributed by atoms with Crippen LogP contribution < -0.4 is 4.90 Å². The lowest BCUT2D eigenvalue weighted by Gasteiger charge is -2.38. The molecule has 1 fully saturated rings. The van der Waals surface area contributed by atoms with Gasteiger partial charge in [0.1, 0.15) is 0 Å². The Bertz CT molecular complexity index is 671. The van der Waals surface area contributed by atoms with E-state index >= 15 is 0 Å². The Hall–Kier alpha value is -2.47. The molecule has 0 aliphatic carbocycles. The lowest BCUT2D eigenvalue weighted by Crippen LogP contribution is -2.54. The van der Waals surface area contributed by atoms with Crippen LogP contribution >= 0.6 is 0 Å². The number of rotatable bonds is 5. The Balaban J connectivity index is 1.53. The summed E-state index contributed by atoms with van der Waals surface area (Å²) < 4.78 is 0. The number of likely N-dealkylation sites (N-methyl/N-ethyl adjacent to an activating group) is 1. The zero-order valence-electron chi connectivity index (χ0n) is 14.9. The van der Waals surface area contributed by atoms with Crippen LogP contribution in [-0.2, 0) is 11.3 Å². The molecular formula is C19H25N5O. The predicted molar refractivity (Wildman–Crippen MR) is 98.2 cm³/mol. The molecule has 0 saturated carbocycles. The summed E-state index contributed by atoms with van der Waals surface area (Å²) in [7, 11) is 1.87. The number of nitrogens with zero attached hydrogens (tertiary/aromatic N) is 5. The van der Waals surface area contributed by atoms with Crippen molar-refractivity contribution >= 4 is 11.9 Å². The predicted octanol–water partition coefficient (Wildman–Crippen LogP) is 1.65. The Labute approximate surface area is 149 Å². The number of piperazine rings is 1. The maximum Gasteiger partial charge on any atom is 0.239 e. The first-order valence-electron chi connectivity index (χ1n) is 8.70. The van der Waals surface area contributed by atoms with Crippen molar-refractivity contribution in [2.45, 2.75) is 19.5 Å². The smallest absolute Gasteiger partial charge is 0.239 e. The average molecular weight is 339 g/mol. The SMILES string of the molecule is C[C@H](C(=O)N(C)Cc1ccccc1)N1CCN(c2ncccn2)CC1. The average Bonchev–Trinajstić information content (AvgIpc) is 2.68. The van der Waals surface area contributed by atoms with Crippen LogP contribution in [0.3, 0.4) is 0 Å². The highest BCUT2D eigenvalue weighted by Crippen LogP contribution is 2.13. The molecule has 0 bridgehead atoms. The number of benzene rings is 1. The van der Waals surface area contributed by atoms with Gasteiger partial charge >= 0.3 is 0 Å². The van der Waals surface area contributed by atoms with Gasteiger partial charge in [-0.25, -0.2) is 9.97 Å². The van der Waals surface area contributed by atoms with E-state index in [4.69, 9.17) is 0 Å². The quantitative estimate of drug-likeness (QED) is 0.829. The summed E-state index contributed by atoms with van der Waals surface area (Å²) in [5.41, 5.74) is 1.15. The first-order valence-corrected chi connectivity index (χ1v) is 8.70. The highest BCUT2D eigenvalue weighted by Gasteiger charge is 2.28. The maximum atomic E-state index is 12.7. The number of carbonyl (C=O) groups is 1. The first-order chi connectivity index (χ1) is 12.1. The molecule has 1 atom stereocenters. The van der Waals surface area contributed by atoms with Crippen LogP contribution in [0.5, 0.6) is 0 Å². The second-order valence-corrected chi connectivity index (χ2v) is 6.43. The van der Waals surface area contributed by atoms with Crippen LogP contribution in [0.4, 0.5) is 5.95 Å². The van der Waals surface area contributed by atoms with Gasteiger partial charge in [0, 0.05) is 52.2 Å². The minimum absolute atomic E-state index is 0.118. The molecule has 6 nitrogen and oxygen atoms in total. The third kappa shape index (κ3) is 4.33. The monoisotopic (exact) mass is 339 g/mol. The molecule has 0 N–H and O–H groups in total. The molecule has 0 spiro atoms. The zero-order valence-corrected chi connectivity index (χ0v) is 14.9. The topological polar surface area (TPSA) is 52.6 Å². The minimum Gasteiger partial charge on any atom is -0.340 e. The van der Waals surface area contributed by atoms with Crippen molar-refractivity contribution in [1.29, 1.82) is 0 Å². The molecule has 1 saturated heterocycles. The standard InChI is InChI=1S/C19H25N5O/c1-16(18(25)22(2)15-17-7-4-3-5-8-17)23-11-13-24(14-12-23)19-20-9-6-10-21-19/h3-10,16H,11-15H2,1-2H3/t16-/m1/s1. The third-order valence-electron chi connectivity index (χ3n) is 4.69. The fourth-order valence-electron chi connectivity index (χ4n) is 3.17. The normalized spacial score (nSPS) is 16.5. The van der Waals surface area contributed by atoms with Gasteiger partial charge in [0.05, 0.1) is 6.04 Å². The van der Waals surface area contributed by atoms with Crippen LogP contribution in [0.15, 0.2) is 48.8 Å². The van der Waals surface area contributed by atoms with Crippen LogP contribution in [-0.4, -0.2) is 64.9 Å². The fraction of sp³-hybridized carbons (Fsp3) is 0.421. The van der Waals surface area contributed by atoms with Gasteiger partial charge in [-0.2, -0.15) is 0 Å². The molecule has 2 heterocycles. The van der Waals surface area contributed by atoms with Gasteiger partial charge in [-0.1, -0.05) is 30.3 Å². The summed E-state index contributed by atoms with van der Waals surface area (Å²) in [6.07, 6.45) is 3.53. The zero-order chi connectivity index (χ0) is 17.6. The second kappa shape index (κ2) is 8.07. The van der Waals surface area contributed by atoms with Crippen LogP contribution in [0.2, 0.25) is 0 Å². The molecule has 25 heavy (non-hydrogen) atoms. The van der Waals surface area contributed by atoms with Gasteiger partial charge in [-0.05, 0) is 18.6 Å². The van der Waals surface area contributed by atoms with Gasteiger partial charge in [0.2, 0.25) is 11.9 Å². The summed E-state index contributed by atoms with van der Waals surface area (Å²) in [5.74, 6) is 0.926. The van der Waals surface area contributed by atoms with E-state index in [2.05, 4.69) is 19.8 Å². The third-order valence-corrected chi connectivity index (χ3v) is 4.69. The van der Waals surface area contributed by atoms with E-state index in [1.54, 1.807) is 12.4 Å². The molecule has 0 unspecified atom stereocenters. The summed E-state index contributed by atoms with van der Waals surface area (Å²) in [6, 6.07) is 11.8. The van der Waals surface area contributed by atoms with Crippen LogP contribution in [0.1, 0.15) is 12.5 Å². The van der Waals surface area contributed by atoms with E-state index in [0.29, 0.717) is 6.54 Å². The van der Waals surface area contributed by atoms with Crippen molar-refractivity contribution < 1.29 is 4.79 Å². The molecule has 1 aliphatic rings. The summed E-state index contributed by atoms with van der Waals surface area (Å²) in [6.45, 7) is 5.99. The largest absolute Gasteiger partial charge is 0.340 e. The molecule has 1 aromatic carbocycles. The van der Waals surface area contributed by atoms with E-state index in [-0.39, 0.29) is 11.9 Å². The van der Waals surface area contributed by atoms with E-state index in [0.717, 1.165) is 37.7 Å². The Morgan fingerprint density at radius 1 is 1.08 bits per heavy atom. The molecule has 2 aromatic rings. The van der Waals surface area contributed by atoms with Crippen LogP contribution in [0.25, 0.3) is 0 Å². The molecule has 0 radical (unpaired) electrons. The Morgan fingerprint density at radius 3 is 2.36 bits per heavy atom. The Morgan fingerprint density at radius 2 is 1.72 bits per heavy atom. The molecular weight excluding hydrogens is 314 g/mol. The van der Waals surface area contributed by atoms with Gasteiger partial charge in [0.25, 0.3) is 0 Å².